The second-order valence-electron chi connectivity index (χ2n) is 3.75. The van der Waals surface area contributed by atoms with Crippen molar-refractivity contribution in [2.75, 3.05) is 7.11 Å². The second-order valence-corrected chi connectivity index (χ2v) is 3.75. The molecule has 1 atom stereocenters. The Bertz CT molecular complexity index is 365. The van der Waals surface area contributed by atoms with Crippen LogP contribution in [0.4, 0.5) is 0 Å². The molecule has 14 heavy (non-hydrogen) atoms. The van der Waals surface area contributed by atoms with Crippen LogP contribution in [0.15, 0.2) is 29.0 Å². The van der Waals surface area contributed by atoms with Gasteiger partial charge in [-0.2, -0.15) is 0 Å². The van der Waals surface area contributed by atoms with Gasteiger partial charge in [0.15, 0.2) is 5.76 Å². The number of nitrogens with zero attached hydrogens (tertiary/aromatic N) is 1. The minimum Gasteiger partial charge on any atom is -0.493 e. The first-order valence-corrected chi connectivity index (χ1v) is 4.71. The van der Waals surface area contributed by atoms with Crippen molar-refractivity contribution in [3.05, 3.63) is 24.0 Å². The van der Waals surface area contributed by atoms with Crippen molar-refractivity contribution in [1.29, 1.82) is 0 Å². The van der Waals surface area contributed by atoms with E-state index < -0.39 is 0 Å². The molecule has 1 aliphatic heterocycles. The lowest BCUT2D eigenvalue weighted by Gasteiger charge is -2.21. The van der Waals surface area contributed by atoms with Crippen molar-refractivity contribution >= 4 is 11.5 Å². The van der Waals surface area contributed by atoms with Gasteiger partial charge in [-0.15, -0.1) is 0 Å². The maximum absolute atomic E-state index is 11.3. The van der Waals surface area contributed by atoms with Crippen LogP contribution in [0, 0.1) is 0 Å². The van der Waals surface area contributed by atoms with Crippen LogP contribution in [0.5, 0.6) is 0 Å². The molecule has 0 radical (unpaired) electrons. The number of hydrogen-bond donors (Lipinski definition) is 0. The van der Waals surface area contributed by atoms with Crippen LogP contribution in [-0.2, 0) is 9.53 Å². The molecular weight excluding hydrogens is 178 g/mol. The van der Waals surface area contributed by atoms with Gasteiger partial charge in [-0.3, -0.25) is 9.79 Å². The molecule has 3 nitrogen and oxygen atoms in total. The van der Waals surface area contributed by atoms with E-state index in [1.807, 2.05) is 19.1 Å². The predicted octanol–water partition coefficient (Wildman–Crippen LogP) is 1.65. The number of methoxy groups -OCH3 is 1. The van der Waals surface area contributed by atoms with Crippen LogP contribution < -0.4 is 0 Å². The third-order valence-electron chi connectivity index (χ3n) is 2.65. The average molecular weight is 191 g/mol. The first kappa shape index (κ1) is 9.19. The van der Waals surface area contributed by atoms with Crippen molar-refractivity contribution in [2.45, 2.75) is 25.3 Å². The largest absolute Gasteiger partial charge is 0.493 e. The van der Waals surface area contributed by atoms with Crippen LogP contribution in [0.3, 0.4) is 0 Å². The van der Waals surface area contributed by atoms with E-state index in [-0.39, 0.29) is 11.3 Å². The van der Waals surface area contributed by atoms with Gasteiger partial charge in [-0.1, -0.05) is 0 Å². The zero-order chi connectivity index (χ0) is 10.2. The number of hydrogen-bond acceptors (Lipinski definition) is 3. The van der Waals surface area contributed by atoms with E-state index in [1.165, 1.54) is 7.11 Å². The van der Waals surface area contributed by atoms with E-state index in [1.54, 1.807) is 6.08 Å². The minimum atomic E-state index is -0.302. The molecule has 0 aromatic rings. The van der Waals surface area contributed by atoms with Gasteiger partial charge in [-0.05, 0) is 38.0 Å². The number of carbonyl (C=O) groups is 1. The summed E-state index contributed by atoms with van der Waals surface area (Å²) in [5, 5.41) is 0. The summed E-state index contributed by atoms with van der Waals surface area (Å²) in [5.74, 6) is 0.337. The first-order chi connectivity index (χ1) is 6.65. The summed E-state index contributed by atoms with van der Waals surface area (Å²) in [6.07, 6.45) is 7.18. The van der Waals surface area contributed by atoms with Gasteiger partial charge >= 0.3 is 0 Å². The van der Waals surface area contributed by atoms with Crippen molar-refractivity contribution < 1.29 is 9.53 Å². The molecule has 0 aromatic carbocycles. The Morgan fingerprint density at radius 2 is 2.36 bits per heavy atom. The highest BCUT2D eigenvalue weighted by atomic mass is 16.5. The van der Waals surface area contributed by atoms with Gasteiger partial charge in [0.2, 0.25) is 5.78 Å². The summed E-state index contributed by atoms with van der Waals surface area (Å²) in [6.45, 7) is 2.01. The number of aliphatic imine (C=N–C) groups is 1. The molecule has 0 saturated heterocycles. The normalized spacial score (nSPS) is 30.6. The van der Waals surface area contributed by atoms with Crippen molar-refractivity contribution in [2.24, 2.45) is 4.99 Å². The molecule has 1 unspecified atom stereocenters. The summed E-state index contributed by atoms with van der Waals surface area (Å²) in [6, 6.07) is 0. The summed E-state index contributed by atoms with van der Waals surface area (Å²) in [4.78, 5) is 15.9. The summed E-state index contributed by atoms with van der Waals surface area (Å²) >= 11 is 0. The Morgan fingerprint density at radius 3 is 2.93 bits per heavy atom. The molecule has 2 aliphatic rings. The van der Waals surface area contributed by atoms with Gasteiger partial charge < -0.3 is 4.74 Å². The molecule has 3 heteroatoms. The zero-order valence-electron chi connectivity index (χ0n) is 8.41. The molecule has 0 N–H and O–H groups in total. The molecule has 2 rings (SSSR count). The monoisotopic (exact) mass is 191 g/mol. The number of rotatable bonds is 1. The van der Waals surface area contributed by atoms with Gasteiger partial charge in [0.25, 0.3) is 0 Å². The fraction of sp³-hybridized carbons (Fsp3) is 0.455. The number of allylic oxidation sites excluding steroid dienone is 1. The maximum atomic E-state index is 11.3. The van der Waals surface area contributed by atoms with E-state index in [2.05, 4.69) is 4.99 Å². The lowest BCUT2D eigenvalue weighted by molar-refractivity contribution is -0.114. The third kappa shape index (κ3) is 1.39. The first-order valence-electron chi connectivity index (χ1n) is 4.71. The molecule has 0 fully saturated rings. The quantitative estimate of drug-likeness (QED) is 0.632. The highest BCUT2D eigenvalue weighted by Gasteiger charge is 2.33. The van der Waals surface area contributed by atoms with Crippen molar-refractivity contribution in [3.8, 4) is 0 Å². The number of carbonyl (C=O) groups excluding carboxylic acids is 1. The van der Waals surface area contributed by atoms with Crippen molar-refractivity contribution in [3.63, 3.8) is 0 Å². The lowest BCUT2D eigenvalue weighted by Crippen LogP contribution is -2.23. The van der Waals surface area contributed by atoms with E-state index in [0.29, 0.717) is 5.76 Å². The molecule has 0 amide bonds. The van der Waals surface area contributed by atoms with E-state index >= 15 is 0 Å². The molecule has 0 saturated carbocycles. The Labute approximate surface area is 83.2 Å². The third-order valence-corrected chi connectivity index (χ3v) is 2.65. The van der Waals surface area contributed by atoms with E-state index in [4.69, 9.17) is 4.74 Å². The fourth-order valence-electron chi connectivity index (χ4n) is 1.88. The van der Waals surface area contributed by atoms with Crippen LogP contribution in [-0.4, -0.2) is 24.1 Å². The minimum absolute atomic E-state index is 0.0714. The molecule has 1 heterocycles. The highest BCUT2D eigenvalue weighted by molar-refractivity contribution is 6.04. The van der Waals surface area contributed by atoms with E-state index in [0.717, 1.165) is 18.6 Å². The van der Waals surface area contributed by atoms with Gasteiger partial charge in [-0.25, -0.2) is 0 Å². The van der Waals surface area contributed by atoms with Gasteiger partial charge in [0.1, 0.15) is 5.54 Å². The SMILES string of the molecule is COC1=CC2(C=CC1=O)CCC(C)=N2. The van der Waals surface area contributed by atoms with E-state index in [9.17, 15) is 4.79 Å². The Morgan fingerprint density at radius 1 is 1.57 bits per heavy atom. The fourth-order valence-corrected chi connectivity index (χ4v) is 1.88. The van der Waals surface area contributed by atoms with Gasteiger partial charge in [0.05, 0.1) is 7.11 Å². The molecule has 0 bridgehead atoms. The second kappa shape index (κ2) is 3.08. The molecule has 1 aliphatic carbocycles. The predicted molar refractivity (Wildman–Crippen MR) is 54.3 cm³/mol. The van der Waals surface area contributed by atoms with Crippen LogP contribution in [0.2, 0.25) is 0 Å². The smallest absolute Gasteiger partial charge is 0.219 e. The molecule has 1 spiro atoms. The summed E-state index contributed by atoms with van der Waals surface area (Å²) in [7, 11) is 1.52. The van der Waals surface area contributed by atoms with Crippen molar-refractivity contribution in [1.82, 2.24) is 0 Å². The Hall–Kier alpha value is -1.38. The average Bonchev–Trinajstić information content (AvgIpc) is 2.53. The van der Waals surface area contributed by atoms with Gasteiger partial charge in [0, 0.05) is 5.71 Å². The topological polar surface area (TPSA) is 38.7 Å². The Kier molecular flexibility index (Phi) is 2.02. The van der Waals surface area contributed by atoms with Crippen LogP contribution >= 0.6 is 0 Å². The Balaban J connectivity index is 2.36. The zero-order valence-corrected chi connectivity index (χ0v) is 8.41. The highest BCUT2D eigenvalue weighted by Crippen LogP contribution is 2.32. The van der Waals surface area contributed by atoms with Crippen LogP contribution in [0.1, 0.15) is 19.8 Å². The molecule has 74 valence electrons. The standard InChI is InChI=1S/C11H13NO2/c1-8-3-5-11(12-8)6-4-9(13)10(7-11)14-2/h4,6-7H,3,5H2,1-2H3. The number of ether oxygens (including phenoxy) is 1. The summed E-state index contributed by atoms with van der Waals surface area (Å²) in [5.41, 5.74) is 0.833. The summed E-state index contributed by atoms with van der Waals surface area (Å²) < 4.78 is 5.02. The number of ketones is 1. The maximum Gasteiger partial charge on any atom is 0.219 e. The molecular formula is C11H13NO2. The lowest BCUT2D eigenvalue weighted by atomic mass is 9.91. The molecule has 0 aromatic heterocycles. The van der Waals surface area contributed by atoms with Crippen LogP contribution in [0.25, 0.3) is 0 Å².